The van der Waals surface area contributed by atoms with E-state index in [1.807, 2.05) is 25.1 Å². The molecular weight excluding hydrogens is 338 g/mol. The SMILES string of the molecule is COc1ccc(C(C)Nc2nc[nH]c(=O)c2Br)cc1OC. The molecule has 112 valence electrons. The number of ether oxygens (including phenoxy) is 2. The molecule has 0 aliphatic heterocycles. The zero-order valence-electron chi connectivity index (χ0n) is 11.9. The number of anilines is 1. The van der Waals surface area contributed by atoms with Crippen molar-refractivity contribution in [3.8, 4) is 11.5 Å². The molecule has 21 heavy (non-hydrogen) atoms. The van der Waals surface area contributed by atoms with Gasteiger partial charge in [-0.2, -0.15) is 0 Å². The molecule has 1 heterocycles. The Morgan fingerprint density at radius 1 is 1.29 bits per heavy atom. The van der Waals surface area contributed by atoms with E-state index < -0.39 is 0 Å². The lowest BCUT2D eigenvalue weighted by Crippen LogP contribution is -2.14. The number of hydrogen-bond donors (Lipinski definition) is 2. The number of nitrogens with zero attached hydrogens (tertiary/aromatic N) is 1. The van der Waals surface area contributed by atoms with Gasteiger partial charge in [0.15, 0.2) is 11.5 Å². The van der Waals surface area contributed by atoms with Crippen LogP contribution in [0, 0.1) is 0 Å². The first kappa shape index (κ1) is 15.4. The average molecular weight is 354 g/mol. The number of aromatic nitrogens is 2. The van der Waals surface area contributed by atoms with Gasteiger partial charge in [-0.05, 0) is 40.5 Å². The van der Waals surface area contributed by atoms with Crippen molar-refractivity contribution in [2.75, 3.05) is 19.5 Å². The Labute approximate surface area is 130 Å². The van der Waals surface area contributed by atoms with E-state index in [0.717, 1.165) is 5.56 Å². The summed E-state index contributed by atoms with van der Waals surface area (Å²) in [6, 6.07) is 5.60. The summed E-state index contributed by atoms with van der Waals surface area (Å²) in [5.41, 5.74) is 0.758. The normalized spacial score (nSPS) is 11.8. The highest BCUT2D eigenvalue weighted by atomic mass is 79.9. The number of methoxy groups -OCH3 is 2. The van der Waals surface area contributed by atoms with Gasteiger partial charge < -0.3 is 19.8 Å². The van der Waals surface area contributed by atoms with Gasteiger partial charge >= 0.3 is 0 Å². The van der Waals surface area contributed by atoms with Crippen molar-refractivity contribution in [2.45, 2.75) is 13.0 Å². The molecule has 0 aliphatic carbocycles. The molecular formula is C14H16BrN3O3. The third-order valence-electron chi connectivity index (χ3n) is 3.06. The first-order valence-electron chi connectivity index (χ1n) is 6.28. The summed E-state index contributed by atoms with van der Waals surface area (Å²) in [6.07, 6.45) is 1.36. The molecule has 0 fully saturated rings. The maximum atomic E-state index is 11.5. The van der Waals surface area contributed by atoms with Crippen LogP contribution in [-0.2, 0) is 0 Å². The van der Waals surface area contributed by atoms with Gasteiger partial charge in [-0.25, -0.2) is 4.98 Å². The van der Waals surface area contributed by atoms with E-state index in [9.17, 15) is 4.79 Å². The number of benzene rings is 1. The van der Waals surface area contributed by atoms with Gasteiger partial charge in [0.1, 0.15) is 10.3 Å². The first-order valence-corrected chi connectivity index (χ1v) is 7.07. The second-order valence-electron chi connectivity index (χ2n) is 4.37. The molecule has 2 N–H and O–H groups in total. The molecule has 0 saturated heterocycles. The van der Waals surface area contributed by atoms with Crippen LogP contribution in [0.15, 0.2) is 33.8 Å². The Hall–Kier alpha value is -2.02. The monoisotopic (exact) mass is 353 g/mol. The third-order valence-corrected chi connectivity index (χ3v) is 3.79. The molecule has 6 nitrogen and oxygen atoms in total. The van der Waals surface area contributed by atoms with Gasteiger partial charge in [0.25, 0.3) is 5.56 Å². The summed E-state index contributed by atoms with van der Waals surface area (Å²) in [7, 11) is 3.19. The van der Waals surface area contributed by atoms with E-state index in [1.165, 1.54) is 6.33 Å². The van der Waals surface area contributed by atoms with Crippen LogP contribution >= 0.6 is 15.9 Å². The number of nitrogens with one attached hydrogen (secondary N) is 2. The van der Waals surface area contributed by atoms with E-state index in [2.05, 4.69) is 31.2 Å². The number of H-pyrrole nitrogens is 1. The number of hydrogen-bond acceptors (Lipinski definition) is 5. The lowest BCUT2D eigenvalue weighted by molar-refractivity contribution is 0.354. The minimum absolute atomic E-state index is 0.0598. The van der Waals surface area contributed by atoms with Crippen molar-refractivity contribution in [3.05, 3.63) is 44.9 Å². The Bertz CT molecular complexity index is 687. The van der Waals surface area contributed by atoms with Crippen LogP contribution in [0.25, 0.3) is 0 Å². The Morgan fingerprint density at radius 2 is 2.00 bits per heavy atom. The molecule has 0 radical (unpaired) electrons. The van der Waals surface area contributed by atoms with Crippen molar-refractivity contribution in [2.24, 2.45) is 0 Å². The van der Waals surface area contributed by atoms with Gasteiger partial charge in [0, 0.05) is 0 Å². The maximum absolute atomic E-state index is 11.5. The lowest BCUT2D eigenvalue weighted by atomic mass is 10.1. The van der Waals surface area contributed by atoms with Gasteiger partial charge in [-0.3, -0.25) is 4.79 Å². The van der Waals surface area contributed by atoms with Gasteiger partial charge in [0.05, 0.1) is 26.6 Å². The van der Waals surface area contributed by atoms with Crippen LogP contribution < -0.4 is 20.3 Å². The second-order valence-corrected chi connectivity index (χ2v) is 5.17. The molecule has 0 spiro atoms. The molecule has 0 amide bonds. The van der Waals surface area contributed by atoms with Gasteiger partial charge in [-0.1, -0.05) is 6.07 Å². The van der Waals surface area contributed by atoms with E-state index >= 15 is 0 Å². The highest BCUT2D eigenvalue weighted by molar-refractivity contribution is 9.10. The first-order chi connectivity index (χ1) is 10.1. The molecule has 0 aliphatic rings. The van der Waals surface area contributed by atoms with Crippen molar-refractivity contribution in [3.63, 3.8) is 0 Å². The smallest absolute Gasteiger partial charge is 0.267 e. The molecule has 2 rings (SSSR count). The third kappa shape index (κ3) is 3.36. The van der Waals surface area contributed by atoms with Crippen LogP contribution in [0.5, 0.6) is 11.5 Å². The fourth-order valence-electron chi connectivity index (χ4n) is 1.89. The van der Waals surface area contributed by atoms with E-state index in [-0.39, 0.29) is 11.6 Å². The zero-order valence-corrected chi connectivity index (χ0v) is 13.5. The van der Waals surface area contributed by atoms with Crippen LogP contribution in [0.1, 0.15) is 18.5 Å². The number of halogens is 1. The summed E-state index contributed by atoms with van der Waals surface area (Å²) in [5.74, 6) is 1.81. The van der Waals surface area contributed by atoms with Crippen molar-refractivity contribution in [1.29, 1.82) is 0 Å². The molecule has 0 saturated carbocycles. The average Bonchev–Trinajstić information content (AvgIpc) is 2.51. The quantitative estimate of drug-likeness (QED) is 0.864. The molecule has 2 aromatic rings. The molecule has 1 aromatic heterocycles. The van der Waals surface area contributed by atoms with Gasteiger partial charge in [-0.15, -0.1) is 0 Å². The topological polar surface area (TPSA) is 76.2 Å². The van der Waals surface area contributed by atoms with Crippen LogP contribution in [0.3, 0.4) is 0 Å². The van der Waals surface area contributed by atoms with Crippen molar-refractivity contribution >= 4 is 21.7 Å². The van der Waals surface area contributed by atoms with Crippen LogP contribution in [0.4, 0.5) is 5.82 Å². The maximum Gasteiger partial charge on any atom is 0.267 e. The van der Waals surface area contributed by atoms with Crippen LogP contribution in [0.2, 0.25) is 0 Å². The summed E-state index contributed by atoms with van der Waals surface area (Å²) < 4.78 is 10.9. The van der Waals surface area contributed by atoms with E-state index in [4.69, 9.17) is 9.47 Å². The highest BCUT2D eigenvalue weighted by Gasteiger charge is 2.13. The number of rotatable bonds is 5. The van der Waals surface area contributed by atoms with Gasteiger partial charge in [0.2, 0.25) is 0 Å². The summed E-state index contributed by atoms with van der Waals surface area (Å²) >= 11 is 3.22. The Morgan fingerprint density at radius 3 is 2.67 bits per heavy atom. The predicted octanol–water partition coefficient (Wildman–Crippen LogP) is 2.72. The molecule has 1 atom stereocenters. The summed E-state index contributed by atoms with van der Waals surface area (Å²) in [4.78, 5) is 18.1. The van der Waals surface area contributed by atoms with Crippen molar-refractivity contribution in [1.82, 2.24) is 9.97 Å². The van der Waals surface area contributed by atoms with Crippen molar-refractivity contribution < 1.29 is 9.47 Å². The summed E-state index contributed by atoms with van der Waals surface area (Å²) in [5, 5.41) is 3.18. The zero-order chi connectivity index (χ0) is 15.4. The number of aromatic amines is 1. The standard InChI is InChI=1S/C14H16BrN3O3/c1-8(18-13-12(15)14(19)17-7-16-13)9-4-5-10(20-2)11(6-9)21-3/h4-8H,1-3H3,(H2,16,17,18,19). The molecule has 0 bridgehead atoms. The molecule has 1 aromatic carbocycles. The lowest BCUT2D eigenvalue weighted by Gasteiger charge is -2.17. The fraction of sp³-hybridized carbons (Fsp3) is 0.286. The Balaban J connectivity index is 2.26. The fourth-order valence-corrected chi connectivity index (χ4v) is 2.23. The highest BCUT2D eigenvalue weighted by Crippen LogP contribution is 2.31. The summed E-state index contributed by atoms with van der Waals surface area (Å²) in [6.45, 7) is 1.97. The van der Waals surface area contributed by atoms with Crippen LogP contribution in [-0.4, -0.2) is 24.2 Å². The minimum atomic E-state index is -0.230. The second kappa shape index (κ2) is 6.62. The van der Waals surface area contributed by atoms with E-state index in [0.29, 0.717) is 21.8 Å². The Kier molecular flexibility index (Phi) is 4.85. The molecule has 1 unspecified atom stereocenters. The van der Waals surface area contributed by atoms with E-state index in [1.54, 1.807) is 14.2 Å². The largest absolute Gasteiger partial charge is 0.493 e. The molecule has 7 heteroatoms. The predicted molar refractivity (Wildman–Crippen MR) is 84.1 cm³/mol. The minimum Gasteiger partial charge on any atom is -0.493 e.